The molecule has 6 aliphatic carbocycles. The van der Waals surface area contributed by atoms with Gasteiger partial charge in [0.25, 0.3) is 11.8 Å². The van der Waals surface area contributed by atoms with Crippen molar-refractivity contribution in [1.82, 2.24) is 0 Å². The predicted octanol–water partition coefficient (Wildman–Crippen LogP) is -2.56. The molecule has 2 aromatic carbocycles. The highest BCUT2D eigenvalue weighted by Gasteiger charge is 2.67. The van der Waals surface area contributed by atoms with Gasteiger partial charge in [0.2, 0.25) is 11.6 Å². The third-order valence-electron chi connectivity index (χ3n) is 12.5. The number of phenolic OH excluding ortho intramolecular Hbond substituents is 2. The molecule has 302 valence electrons. The van der Waals surface area contributed by atoms with Crippen molar-refractivity contribution in [2.75, 3.05) is 5.32 Å². The van der Waals surface area contributed by atoms with Crippen LogP contribution in [0.2, 0.25) is 0 Å². The maximum Gasteiger partial charge on any atom is 0.263 e. The Morgan fingerprint density at radius 1 is 0.672 bits per heavy atom. The van der Waals surface area contributed by atoms with Gasteiger partial charge in [-0.2, -0.15) is 0 Å². The van der Waals surface area contributed by atoms with E-state index in [4.69, 9.17) is 17.2 Å². The minimum absolute atomic E-state index is 0.0122. The van der Waals surface area contributed by atoms with Crippen LogP contribution in [0, 0.1) is 23.7 Å². The second-order valence-corrected chi connectivity index (χ2v) is 15.2. The van der Waals surface area contributed by atoms with Gasteiger partial charge in [0.05, 0.1) is 52.9 Å². The monoisotopic (exact) mass is 802 g/mol. The summed E-state index contributed by atoms with van der Waals surface area (Å²) in [6.45, 7) is 0. The molecule has 0 saturated carbocycles. The number of amides is 2. The number of ketones is 4. The Kier molecular flexibility index (Phi) is 8.15. The molecule has 20 heteroatoms. The molecule has 2 amide bonds. The number of aromatic hydroxyl groups is 2. The second-order valence-electron chi connectivity index (χ2n) is 15.2. The fourth-order valence-electron chi connectivity index (χ4n) is 9.72. The molecule has 0 unspecified atom stereocenters. The number of fused-ring (bicyclic) bond motifs is 6. The van der Waals surface area contributed by atoms with Gasteiger partial charge in [-0.3, -0.25) is 28.8 Å². The maximum atomic E-state index is 14.1. The first kappa shape index (κ1) is 38.5. The van der Waals surface area contributed by atoms with E-state index in [-0.39, 0.29) is 29.5 Å². The van der Waals surface area contributed by atoms with E-state index in [1.807, 2.05) is 0 Å². The third kappa shape index (κ3) is 4.54. The van der Waals surface area contributed by atoms with Gasteiger partial charge in [-0.05, 0) is 36.1 Å². The average molecular weight is 803 g/mol. The molecule has 0 bridgehead atoms. The number of primary amides is 1. The molecule has 0 spiro atoms. The summed E-state index contributed by atoms with van der Waals surface area (Å²) in [5.74, 6) is -21.7. The normalized spacial score (nSPS) is 34.2. The Balaban J connectivity index is 1.16. The Morgan fingerprint density at radius 2 is 1.14 bits per heavy atom. The molecule has 0 heterocycles. The van der Waals surface area contributed by atoms with Crippen LogP contribution in [0.4, 0.5) is 5.69 Å². The molecule has 0 saturated heterocycles. The van der Waals surface area contributed by atoms with Crippen molar-refractivity contribution < 1.29 is 79.8 Å². The molecule has 2 aromatic rings. The predicted molar refractivity (Wildman–Crippen MR) is 191 cm³/mol. The van der Waals surface area contributed by atoms with Gasteiger partial charge < -0.3 is 73.6 Å². The number of hydrogen-bond donors (Lipinski definition) is 14. The molecule has 8 rings (SSSR count). The van der Waals surface area contributed by atoms with E-state index in [9.17, 15) is 79.8 Å². The summed E-state index contributed by atoms with van der Waals surface area (Å²) in [7, 11) is 0. The van der Waals surface area contributed by atoms with Crippen molar-refractivity contribution in [2.24, 2.45) is 40.9 Å². The number of carbonyl (C=O) groups is 6. The first-order valence-corrected chi connectivity index (χ1v) is 17.6. The van der Waals surface area contributed by atoms with E-state index in [2.05, 4.69) is 5.32 Å². The number of nitrogens with one attached hydrogen (secondary N) is 1. The lowest BCUT2D eigenvalue weighted by Crippen LogP contribution is -2.68. The molecule has 0 aromatic heterocycles. The number of phenols is 2. The van der Waals surface area contributed by atoms with Crippen LogP contribution >= 0.6 is 0 Å². The molecule has 0 radical (unpaired) electrons. The zero-order chi connectivity index (χ0) is 42.4. The van der Waals surface area contributed by atoms with Crippen LogP contribution in [0.1, 0.15) is 31.8 Å². The van der Waals surface area contributed by atoms with Gasteiger partial charge in [-0.25, -0.2) is 0 Å². The zero-order valence-corrected chi connectivity index (χ0v) is 29.6. The number of Topliss-reactive ketones (excluding diaryl/α,β-unsaturated/α-hetero) is 4. The van der Waals surface area contributed by atoms with Crippen molar-refractivity contribution >= 4 is 40.6 Å². The summed E-state index contributed by atoms with van der Waals surface area (Å²) in [6.07, 6.45) is -4.34. The standard InChI is InChI=1S/C38H34N4O16/c39-22-20-25(45)11-7-9-4-5-12(26(46)15(9)28(48)17(11)32(52)37(20,57)33(53)18(29(22)49)35(41)55)42-36(56)19-30(50)23(40)21-24(44)10-6-8-2-1-3-13(43)14(8)27(47)16(10)31(51)38(21,58)34(19)54/h1-5,10-11,20-25,43-46,49-52,57-58H,6-7,39-40H2,(H2,41,55)(H,42,56)/t10-,11-,20-,21-,22+,23+,24+,25+,37+,38+/m1/s1. The molecule has 6 aliphatic rings. The minimum atomic E-state index is -3.28. The van der Waals surface area contributed by atoms with Gasteiger partial charge >= 0.3 is 0 Å². The number of rotatable bonds is 3. The van der Waals surface area contributed by atoms with Crippen LogP contribution in [0.3, 0.4) is 0 Å². The summed E-state index contributed by atoms with van der Waals surface area (Å²) in [4.78, 5) is 80.9. The van der Waals surface area contributed by atoms with Crippen molar-refractivity contribution in [3.05, 3.63) is 97.9 Å². The quantitative estimate of drug-likeness (QED) is 0.112. The SMILES string of the molecule is NC(=O)C1=C(O)[C@@H](N)[C@@H]2[C@@H](O)[C@@H]3Cc4ccc(NC(=O)C5=C(O)[C@@H](N)[C@@H]6[C@@H](O)[C@@H]7Cc8cccc(O)c8C(=O)C7=C(O)[C@]6(O)C5=O)c(O)c4C(=O)C3=C(O)[C@]2(O)C1=O. The fourth-order valence-corrected chi connectivity index (χ4v) is 9.72. The first-order chi connectivity index (χ1) is 27.1. The number of nitrogens with two attached hydrogens (primary N) is 3. The van der Waals surface area contributed by atoms with Crippen LogP contribution in [-0.2, 0) is 32.0 Å². The van der Waals surface area contributed by atoms with E-state index >= 15 is 0 Å². The molecule has 0 fully saturated rings. The van der Waals surface area contributed by atoms with Crippen molar-refractivity contribution in [2.45, 2.75) is 48.3 Å². The van der Waals surface area contributed by atoms with Crippen molar-refractivity contribution in [1.29, 1.82) is 0 Å². The number of aliphatic hydroxyl groups excluding tert-OH is 6. The van der Waals surface area contributed by atoms with Crippen LogP contribution in [0.25, 0.3) is 0 Å². The summed E-state index contributed by atoms with van der Waals surface area (Å²) in [6, 6.07) is 2.57. The highest BCUT2D eigenvalue weighted by molar-refractivity contribution is 6.29. The van der Waals surface area contributed by atoms with E-state index in [1.54, 1.807) is 0 Å². The van der Waals surface area contributed by atoms with Crippen molar-refractivity contribution in [3.63, 3.8) is 0 Å². The highest BCUT2D eigenvalue weighted by Crippen LogP contribution is 2.53. The number of benzene rings is 2. The number of hydrogen-bond acceptors (Lipinski definition) is 18. The van der Waals surface area contributed by atoms with E-state index in [1.165, 1.54) is 24.3 Å². The second kappa shape index (κ2) is 12.3. The summed E-state index contributed by atoms with van der Waals surface area (Å²) in [5.41, 5.74) is 5.70. The molecule has 17 N–H and O–H groups in total. The first-order valence-electron chi connectivity index (χ1n) is 17.6. The minimum Gasteiger partial charge on any atom is -0.510 e. The number of aliphatic hydroxyl groups is 8. The third-order valence-corrected chi connectivity index (χ3v) is 12.5. The van der Waals surface area contributed by atoms with Gasteiger partial charge in [0, 0.05) is 23.0 Å². The Labute approximate surface area is 324 Å². The van der Waals surface area contributed by atoms with Crippen LogP contribution < -0.4 is 22.5 Å². The number of carbonyl (C=O) groups excluding carboxylic acids is 6. The topological polar surface area (TPSA) is 395 Å². The molecule has 10 atom stereocenters. The van der Waals surface area contributed by atoms with Crippen LogP contribution in [0.5, 0.6) is 11.5 Å². The Bertz CT molecular complexity index is 2520. The van der Waals surface area contributed by atoms with E-state index in [0.717, 1.165) is 6.07 Å². The molecule has 20 nitrogen and oxygen atoms in total. The molecular weight excluding hydrogens is 768 g/mol. The average Bonchev–Trinajstić information content (AvgIpc) is 3.15. The number of anilines is 1. The molecule has 58 heavy (non-hydrogen) atoms. The smallest absolute Gasteiger partial charge is 0.263 e. The Morgan fingerprint density at radius 3 is 1.66 bits per heavy atom. The van der Waals surface area contributed by atoms with Gasteiger partial charge in [-0.1, -0.05) is 18.2 Å². The van der Waals surface area contributed by atoms with Crippen LogP contribution in [-0.4, -0.2) is 122 Å². The lowest BCUT2D eigenvalue weighted by atomic mass is 9.57. The summed E-state index contributed by atoms with van der Waals surface area (Å²) >= 11 is 0. The van der Waals surface area contributed by atoms with Gasteiger partial charge in [0.1, 0.15) is 39.9 Å². The van der Waals surface area contributed by atoms with Gasteiger partial charge in [0.15, 0.2) is 28.5 Å². The zero-order valence-electron chi connectivity index (χ0n) is 29.6. The van der Waals surface area contributed by atoms with E-state index < -0.39 is 162 Å². The Hall–Kier alpha value is -6.42. The lowest BCUT2D eigenvalue weighted by molar-refractivity contribution is -0.156. The van der Waals surface area contributed by atoms with Crippen molar-refractivity contribution in [3.8, 4) is 11.5 Å². The largest absolute Gasteiger partial charge is 0.510 e. The fraction of sp³-hybridized carbons (Fsp3) is 0.316. The maximum absolute atomic E-state index is 14.1. The summed E-state index contributed by atoms with van der Waals surface area (Å²) in [5, 5.41) is 115. The molecular formula is C38H34N4O16. The summed E-state index contributed by atoms with van der Waals surface area (Å²) < 4.78 is 0. The lowest BCUT2D eigenvalue weighted by Gasteiger charge is -2.50. The molecule has 0 aliphatic heterocycles. The highest BCUT2D eigenvalue weighted by atomic mass is 16.4. The van der Waals surface area contributed by atoms with E-state index in [0.29, 0.717) is 0 Å². The van der Waals surface area contributed by atoms with Crippen LogP contribution in [0.15, 0.2) is 75.7 Å². The van der Waals surface area contributed by atoms with Gasteiger partial charge in [-0.15, -0.1) is 0 Å².